The molecule has 4 aliphatic carbocycles. The zero-order valence-corrected chi connectivity index (χ0v) is 15.4. The molecule has 4 saturated carbocycles. The van der Waals surface area contributed by atoms with Gasteiger partial charge in [0.2, 0.25) is 5.91 Å². The normalized spacial score (nSPS) is 38.1. The summed E-state index contributed by atoms with van der Waals surface area (Å²) in [5.41, 5.74) is 1.32. The Hall–Kier alpha value is -1.22. The van der Waals surface area contributed by atoms with E-state index in [9.17, 15) is 4.79 Å². The molecule has 3 nitrogen and oxygen atoms in total. The smallest absolute Gasteiger partial charge is 0.221 e. The summed E-state index contributed by atoms with van der Waals surface area (Å²) >= 11 is 6.15. The van der Waals surface area contributed by atoms with Crippen molar-refractivity contribution in [2.45, 2.75) is 57.4 Å². The highest BCUT2D eigenvalue weighted by atomic mass is 35.5. The van der Waals surface area contributed by atoms with Gasteiger partial charge in [-0.1, -0.05) is 11.6 Å². The number of benzene rings is 1. The van der Waals surface area contributed by atoms with Gasteiger partial charge >= 0.3 is 0 Å². The van der Waals surface area contributed by atoms with Gasteiger partial charge < -0.3 is 10.1 Å². The molecule has 1 aromatic rings. The number of carbonyl (C=O) groups excluding carboxylic acids is 1. The number of amides is 1. The van der Waals surface area contributed by atoms with E-state index in [0.717, 1.165) is 35.5 Å². The monoisotopic (exact) mass is 359 g/mol. The molecule has 5 aliphatic rings. The molecule has 4 fully saturated rings. The maximum atomic E-state index is 12.9. The summed E-state index contributed by atoms with van der Waals surface area (Å²) in [6.45, 7) is 0.650. The lowest BCUT2D eigenvalue weighted by molar-refractivity contribution is -0.130. The molecule has 4 bridgehead atoms. The second-order valence-electron chi connectivity index (χ2n) is 9.03. The van der Waals surface area contributed by atoms with E-state index in [4.69, 9.17) is 16.3 Å². The zero-order chi connectivity index (χ0) is 17.0. The van der Waals surface area contributed by atoms with E-state index in [1.54, 1.807) is 0 Å². The van der Waals surface area contributed by atoms with Crippen molar-refractivity contribution in [1.82, 2.24) is 5.32 Å². The highest BCUT2D eigenvalue weighted by Gasteiger charge is 2.51. The van der Waals surface area contributed by atoms with Crippen molar-refractivity contribution in [2.75, 3.05) is 6.61 Å². The number of ether oxygens (including phenoxy) is 1. The maximum Gasteiger partial charge on any atom is 0.221 e. The van der Waals surface area contributed by atoms with Crippen LogP contribution in [0.15, 0.2) is 18.2 Å². The first-order valence-corrected chi connectivity index (χ1v) is 10.2. The van der Waals surface area contributed by atoms with E-state index >= 15 is 0 Å². The summed E-state index contributed by atoms with van der Waals surface area (Å²) in [6, 6.07) is 5.73. The van der Waals surface area contributed by atoms with Crippen LogP contribution >= 0.6 is 11.6 Å². The predicted molar refractivity (Wildman–Crippen MR) is 97.7 cm³/mol. The third-order valence-corrected chi connectivity index (χ3v) is 7.28. The summed E-state index contributed by atoms with van der Waals surface area (Å²) in [7, 11) is 0. The molecule has 0 saturated heterocycles. The minimum Gasteiger partial charge on any atom is -0.493 e. The third-order valence-electron chi connectivity index (χ3n) is 7.05. The van der Waals surface area contributed by atoms with Crippen LogP contribution in [0.2, 0.25) is 5.02 Å². The van der Waals surface area contributed by atoms with Gasteiger partial charge in [-0.3, -0.25) is 4.79 Å². The second-order valence-corrected chi connectivity index (χ2v) is 9.47. The van der Waals surface area contributed by atoms with Crippen molar-refractivity contribution in [3.05, 3.63) is 28.8 Å². The van der Waals surface area contributed by atoms with Crippen LogP contribution in [-0.2, 0) is 4.79 Å². The molecule has 1 amide bonds. The number of nitrogens with one attached hydrogen (secondary N) is 1. The average molecular weight is 360 g/mol. The SMILES string of the molecule is O=C(CC12CC3CC(CC(C3)C1)C2)NC1CCOc2ccc(Cl)cc21. The summed E-state index contributed by atoms with van der Waals surface area (Å²) in [4.78, 5) is 12.9. The lowest BCUT2D eigenvalue weighted by Gasteiger charge is -2.56. The van der Waals surface area contributed by atoms with E-state index in [2.05, 4.69) is 5.32 Å². The molecule has 0 radical (unpaired) electrons. The lowest BCUT2D eigenvalue weighted by Crippen LogP contribution is -2.48. The Balaban J connectivity index is 1.30. The Morgan fingerprint density at radius 1 is 1.16 bits per heavy atom. The van der Waals surface area contributed by atoms with Crippen LogP contribution in [0.1, 0.15) is 63.0 Å². The van der Waals surface area contributed by atoms with Crippen LogP contribution in [0.25, 0.3) is 0 Å². The molecule has 4 heteroatoms. The molecule has 1 N–H and O–H groups in total. The number of fused-ring (bicyclic) bond motifs is 1. The van der Waals surface area contributed by atoms with Crippen molar-refractivity contribution in [1.29, 1.82) is 0 Å². The highest BCUT2D eigenvalue weighted by Crippen LogP contribution is 2.61. The molecular weight excluding hydrogens is 334 g/mol. The summed E-state index contributed by atoms with van der Waals surface area (Å²) in [5.74, 6) is 3.75. The van der Waals surface area contributed by atoms with E-state index < -0.39 is 0 Å². The molecular formula is C21H26ClNO2. The van der Waals surface area contributed by atoms with E-state index in [1.807, 2.05) is 18.2 Å². The van der Waals surface area contributed by atoms with Gasteiger partial charge in [0.1, 0.15) is 5.75 Å². The Morgan fingerprint density at radius 3 is 2.52 bits per heavy atom. The molecule has 1 aromatic carbocycles. The molecule has 0 aromatic heterocycles. The van der Waals surface area contributed by atoms with Gasteiger partial charge in [0.15, 0.2) is 0 Å². The minimum absolute atomic E-state index is 0.0314. The van der Waals surface area contributed by atoms with Crippen molar-refractivity contribution >= 4 is 17.5 Å². The highest BCUT2D eigenvalue weighted by molar-refractivity contribution is 6.30. The largest absolute Gasteiger partial charge is 0.493 e. The number of hydrogen-bond donors (Lipinski definition) is 1. The van der Waals surface area contributed by atoms with Gasteiger partial charge in [0.25, 0.3) is 0 Å². The van der Waals surface area contributed by atoms with Crippen LogP contribution in [-0.4, -0.2) is 12.5 Å². The molecule has 0 spiro atoms. The van der Waals surface area contributed by atoms with Crippen molar-refractivity contribution in [3.8, 4) is 5.75 Å². The number of hydrogen-bond acceptors (Lipinski definition) is 2. The van der Waals surface area contributed by atoms with Gasteiger partial charge in [-0.2, -0.15) is 0 Å². The minimum atomic E-state index is 0.0314. The maximum absolute atomic E-state index is 12.9. The summed E-state index contributed by atoms with van der Waals surface area (Å²) in [5, 5.41) is 4.00. The molecule has 1 aliphatic heterocycles. The first-order chi connectivity index (χ1) is 12.1. The first-order valence-electron chi connectivity index (χ1n) is 9.80. The van der Waals surface area contributed by atoms with Gasteiger partial charge in [0, 0.05) is 23.4 Å². The van der Waals surface area contributed by atoms with Crippen LogP contribution in [0, 0.1) is 23.2 Å². The number of halogens is 1. The van der Waals surface area contributed by atoms with Gasteiger partial charge in [-0.15, -0.1) is 0 Å². The molecule has 1 unspecified atom stereocenters. The van der Waals surface area contributed by atoms with E-state index in [-0.39, 0.29) is 11.9 Å². The molecule has 134 valence electrons. The fourth-order valence-electron chi connectivity index (χ4n) is 6.61. The van der Waals surface area contributed by atoms with Crippen molar-refractivity contribution in [3.63, 3.8) is 0 Å². The third kappa shape index (κ3) is 2.95. The molecule has 1 heterocycles. The van der Waals surface area contributed by atoms with Crippen molar-refractivity contribution in [2.24, 2.45) is 23.2 Å². The van der Waals surface area contributed by atoms with E-state index in [1.165, 1.54) is 38.5 Å². The molecule has 25 heavy (non-hydrogen) atoms. The van der Waals surface area contributed by atoms with E-state index in [0.29, 0.717) is 23.5 Å². The average Bonchev–Trinajstić information content (AvgIpc) is 2.53. The zero-order valence-electron chi connectivity index (χ0n) is 14.6. The van der Waals surface area contributed by atoms with Crippen LogP contribution in [0.3, 0.4) is 0 Å². The Bertz CT molecular complexity index is 666. The Labute approximate surface area is 154 Å². The summed E-state index contributed by atoms with van der Waals surface area (Å²) in [6.07, 6.45) is 9.64. The van der Waals surface area contributed by atoms with Gasteiger partial charge in [0.05, 0.1) is 12.6 Å². The topological polar surface area (TPSA) is 38.3 Å². The second kappa shape index (κ2) is 5.90. The fourth-order valence-corrected chi connectivity index (χ4v) is 6.79. The Kier molecular flexibility index (Phi) is 3.78. The first kappa shape index (κ1) is 16.0. The van der Waals surface area contributed by atoms with Crippen LogP contribution in [0.5, 0.6) is 5.75 Å². The van der Waals surface area contributed by atoms with Crippen LogP contribution < -0.4 is 10.1 Å². The number of rotatable bonds is 3. The van der Waals surface area contributed by atoms with Crippen LogP contribution in [0.4, 0.5) is 0 Å². The molecule has 6 rings (SSSR count). The van der Waals surface area contributed by atoms with Crippen molar-refractivity contribution < 1.29 is 9.53 Å². The summed E-state index contributed by atoms with van der Waals surface area (Å²) < 4.78 is 5.71. The molecule has 1 atom stereocenters. The standard InChI is InChI=1S/C21H26ClNO2/c22-16-1-2-19-17(8-16)18(3-4-25-19)23-20(24)12-21-9-13-5-14(10-21)7-15(6-13)11-21/h1-2,8,13-15,18H,3-7,9-12H2,(H,23,24). The fraction of sp³-hybridized carbons (Fsp3) is 0.667. The Morgan fingerprint density at radius 2 is 1.84 bits per heavy atom. The van der Waals surface area contributed by atoms with Gasteiger partial charge in [-0.05, 0) is 79.9 Å². The number of carbonyl (C=O) groups is 1. The lowest BCUT2D eigenvalue weighted by atomic mass is 9.49. The predicted octanol–water partition coefficient (Wildman–Crippen LogP) is 4.89. The quantitative estimate of drug-likeness (QED) is 0.834. The van der Waals surface area contributed by atoms with Gasteiger partial charge in [-0.25, -0.2) is 0 Å².